The molecule has 2 N–H and O–H groups in total. The molecule has 0 radical (unpaired) electrons. The number of aliphatic hydroxyl groups is 1. The van der Waals surface area contributed by atoms with E-state index in [1.54, 1.807) is 19.2 Å². The molecular weight excluding hydrogens is 378 g/mol. The number of fused-ring (bicyclic) bond motifs is 1. The van der Waals surface area contributed by atoms with Gasteiger partial charge in [-0.2, -0.15) is 0 Å². The monoisotopic (exact) mass is 409 g/mol. The predicted molar refractivity (Wildman–Crippen MR) is 115 cm³/mol. The first kappa shape index (κ1) is 20.8. The van der Waals surface area contributed by atoms with Gasteiger partial charge in [-0.3, -0.25) is 4.79 Å². The summed E-state index contributed by atoms with van der Waals surface area (Å²) in [5, 5.41) is 14.2. The van der Waals surface area contributed by atoms with Crippen LogP contribution in [0.1, 0.15) is 42.2 Å². The van der Waals surface area contributed by atoms with Crippen LogP contribution in [0.4, 0.5) is 0 Å². The average molecular weight is 410 g/mol. The van der Waals surface area contributed by atoms with Crippen LogP contribution in [-0.2, 0) is 17.6 Å². The molecular formula is C24H31N3O3. The summed E-state index contributed by atoms with van der Waals surface area (Å²) >= 11 is 0. The van der Waals surface area contributed by atoms with E-state index in [-0.39, 0.29) is 5.91 Å². The molecule has 2 aromatic rings. The first-order valence-corrected chi connectivity index (χ1v) is 10.9. The van der Waals surface area contributed by atoms with Gasteiger partial charge in [0.05, 0.1) is 18.8 Å². The number of hydrogen-bond donors (Lipinski definition) is 2. The van der Waals surface area contributed by atoms with Crippen molar-refractivity contribution < 1.29 is 14.6 Å². The quantitative estimate of drug-likeness (QED) is 0.701. The van der Waals surface area contributed by atoms with Gasteiger partial charge in [-0.25, -0.2) is 4.98 Å². The van der Waals surface area contributed by atoms with Gasteiger partial charge >= 0.3 is 0 Å². The zero-order valence-electron chi connectivity index (χ0n) is 17.6. The number of pyridine rings is 1. The number of hydrogen-bond acceptors (Lipinski definition) is 5. The number of carbonyl (C=O) groups is 1. The molecule has 2 atom stereocenters. The Kier molecular flexibility index (Phi) is 6.65. The van der Waals surface area contributed by atoms with Crippen LogP contribution in [0.25, 0.3) is 0 Å². The Morgan fingerprint density at radius 3 is 2.53 bits per heavy atom. The third-order valence-electron chi connectivity index (χ3n) is 6.25. The lowest BCUT2D eigenvalue weighted by Crippen LogP contribution is -2.47. The summed E-state index contributed by atoms with van der Waals surface area (Å²) < 4.78 is 5.20. The van der Waals surface area contributed by atoms with Gasteiger partial charge in [-0.1, -0.05) is 30.3 Å². The van der Waals surface area contributed by atoms with E-state index in [0.717, 1.165) is 38.8 Å². The smallest absolute Gasteiger partial charge is 0.220 e. The van der Waals surface area contributed by atoms with Crippen LogP contribution < -0.4 is 10.1 Å². The minimum atomic E-state index is -0.884. The SMILES string of the molecule is COc1cccc(C(O)[C@@H](CN2CCCC2)NC(=O)CC2Cc3ccccc3C2)n1. The van der Waals surface area contributed by atoms with Gasteiger partial charge < -0.3 is 20.1 Å². The van der Waals surface area contributed by atoms with E-state index in [2.05, 4.69) is 39.5 Å². The van der Waals surface area contributed by atoms with Crippen molar-refractivity contribution in [1.29, 1.82) is 0 Å². The third-order valence-corrected chi connectivity index (χ3v) is 6.25. The summed E-state index contributed by atoms with van der Waals surface area (Å²) in [4.78, 5) is 19.6. The highest BCUT2D eigenvalue weighted by Crippen LogP contribution is 2.29. The number of amides is 1. The molecule has 4 rings (SSSR count). The van der Waals surface area contributed by atoms with Crippen LogP contribution in [0.3, 0.4) is 0 Å². The molecule has 30 heavy (non-hydrogen) atoms. The van der Waals surface area contributed by atoms with E-state index >= 15 is 0 Å². The van der Waals surface area contributed by atoms with Crippen LogP contribution in [0, 0.1) is 5.92 Å². The van der Waals surface area contributed by atoms with Crippen molar-refractivity contribution in [2.24, 2.45) is 5.92 Å². The van der Waals surface area contributed by atoms with E-state index < -0.39 is 12.1 Å². The van der Waals surface area contributed by atoms with Crippen LogP contribution in [0.2, 0.25) is 0 Å². The van der Waals surface area contributed by atoms with Gasteiger partial charge in [0.25, 0.3) is 0 Å². The number of methoxy groups -OCH3 is 1. The molecule has 1 aliphatic carbocycles. The maximum Gasteiger partial charge on any atom is 0.220 e. The first-order valence-electron chi connectivity index (χ1n) is 10.9. The van der Waals surface area contributed by atoms with Gasteiger partial charge in [0.1, 0.15) is 6.10 Å². The highest BCUT2D eigenvalue weighted by atomic mass is 16.5. The number of nitrogens with zero attached hydrogens (tertiary/aromatic N) is 2. The van der Waals surface area contributed by atoms with Gasteiger partial charge in [-0.05, 0) is 61.9 Å². The number of benzene rings is 1. The van der Waals surface area contributed by atoms with Crippen LogP contribution in [0.15, 0.2) is 42.5 Å². The fraction of sp³-hybridized carbons (Fsp3) is 0.500. The lowest BCUT2D eigenvalue weighted by Gasteiger charge is -2.28. The second-order valence-electron chi connectivity index (χ2n) is 8.48. The summed E-state index contributed by atoms with van der Waals surface area (Å²) in [6.45, 7) is 2.63. The highest BCUT2D eigenvalue weighted by molar-refractivity contribution is 5.76. The molecule has 1 aromatic carbocycles. The van der Waals surface area contributed by atoms with Gasteiger partial charge in [0.15, 0.2) is 0 Å². The van der Waals surface area contributed by atoms with Crippen molar-refractivity contribution in [3.63, 3.8) is 0 Å². The lowest BCUT2D eigenvalue weighted by atomic mass is 10.0. The number of aromatic nitrogens is 1. The molecule has 1 saturated heterocycles. The fourth-order valence-corrected chi connectivity index (χ4v) is 4.71. The number of carbonyl (C=O) groups excluding carboxylic acids is 1. The molecule has 0 bridgehead atoms. The number of rotatable bonds is 8. The number of nitrogens with one attached hydrogen (secondary N) is 1. The molecule has 1 amide bonds. The second-order valence-corrected chi connectivity index (χ2v) is 8.48. The Labute approximate surface area is 178 Å². The maximum absolute atomic E-state index is 12.9. The summed E-state index contributed by atoms with van der Waals surface area (Å²) in [5.41, 5.74) is 3.22. The Bertz CT molecular complexity index is 841. The fourth-order valence-electron chi connectivity index (χ4n) is 4.71. The van der Waals surface area contributed by atoms with Crippen molar-refractivity contribution in [3.8, 4) is 5.88 Å². The first-order chi connectivity index (χ1) is 14.6. The predicted octanol–water partition coefficient (Wildman–Crippen LogP) is 2.51. The summed E-state index contributed by atoms with van der Waals surface area (Å²) in [6, 6.07) is 13.4. The molecule has 1 unspecified atom stereocenters. The van der Waals surface area contributed by atoms with Crippen LogP contribution in [0.5, 0.6) is 5.88 Å². The topological polar surface area (TPSA) is 74.7 Å². The molecule has 0 saturated carbocycles. The number of likely N-dealkylation sites (tertiary alicyclic amines) is 1. The summed E-state index contributed by atoms with van der Waals surface area (Å²) in [6.07, 6.45) is 3.80. The van der Waals surface area contributed by atoms with E-state index in [0.29, 0.717) is 30.5 Å². The lowest BCUT2D eigenvalue weighted by molar-refractivity contribution is -0.123. The summed E-state index contributed by atoms with van der Waals surface area (Å²) in [7, 11) is 1.56. The number of aliphatic hydroxyl groups excluding tert-OH is 1. The van der Waals surface area contributed by atoms with Crippen molar-refractivity contribution in [3.05, 3.63) is 59.3 Å². The Balaban J connectivity index is 1.42. The van der Waals surface area contributed by atoms with Gasteiger partial charge in [0, 0.05) is 19.0 Å². The number of ether oxygens (including phenoxy) is 1. The van der Waals surface area contributed by atoms with E-state index in [4.69, 9.17) is 4.74 Å². The van der Waals surface area contributed by atoms with Crippen molar-refractivity contribution in [2.45, 2.75) is 44.2 Å². The maximum atomic E-state index is 12.9. The summed E-state index contributed by atoms with van der Waals surface area (Å²) in [5.74, 6) is 0.780. The Hall–Kier alpha value is -2.44. The van der Waals surface area contributed by atoms with Crippen molar-refractivity contribution >= 4 is 5.91 Å². The minimum absolute atomic E-state index is 0.000973. The Morgan fingerprint density at radius 1 is 1.17 bits per heavy atom. The molecule has 0 spiro atoms. The molecule has 2 aliphatic rings. The Morgan fingerprint density at radius 2 is 1.87 bits per heavy atom. The zero-order valence-corrected chi connectivity index (χ0v) is 17.6. The van der Waals surface area contributed by atoms with E-state index in [1.807, 2.05) is 6.07 Å². The third kappa shape index (κ3) is 4.99. The van der Waals surface area contributed by atoms with Gasteiger partial charge in [0.2, 0.25) is 11.8 Å². The molecule has 6 nitrogen and oxygen atoms in total. The largest absolute Gasteiger partial charge is 0.481 e. The van der Waals surface area contributed by atoms with Crippen molar-refractivity contribution in [1.82, 2.24) is 15.2 Å². The van der Waals surface area contributed by atoms with Crippen LogP contribution >= 0.6 is 0 Å². The van der Waals surface area contributed by atoms with Crippen LogP contribution in [-0.4, -0.2) is 53.7 Å². The molecule has 160 valence electrons. The molecule has 1 aliphatic heterocycles. The van der Waals surface area contributed by atoms with Crippen molar-refractivity contribution in [2.75, 3.05) is 26.7 Å². The molecule has 1 aromatic heterocycles. The van der Waals surface area contributed by atoms with E-state index in [1.165, 1.54) is 11.1 Å². The average Bonchev–Trinajstić information content (AvgIpc) is 3.41. The zero-order chi connectivity index (χ0) is 20.9. The standard InChI is InChI=1S/C24H31N3O3/c1-30-23-10-6-9-20(26-23)24(29)21(16-27-11-4-5-12-27)25-22(28)15-17-13-18-7-2-3-8-19(18)14-17/h2-3,6-10,17,21,24,29H,4-5,11-16H2,1H3,(H,25,28)/t21-,24?/m1/s1. The molecule has 2 heterocycles. The highest BCUT2D eigenvalue weighted by Gasteiger charge is 2.29. The van der Waals surface area contributed by atoms with E-state index in [9.17, 15) is 9.90 Å². The second kappa shape index (κ2) is 9.58. The molecule has 6 heteroatoms. The van der Waals surface area contributed by atoms with Gasteiger partial charge in [-0.15, -0.1) is 0 Å². The molecule has 1 fully saturated rings. The normalized spacial score (nSPS) is 18.7. The minimum Gasteiger partial charge on any atom is -0.481 e.